The first-order valence-electron chi connectivity index (χ1n) is 6.01. The molecule has 19 heavy (non-hydrogen) atoms. The van der Waals surface area contributed by atoms with Crippen LogP contribution in [0.15, 0.2) is 36.4 Å². The highest BCUT2D eigenvalue weighted by Gasteiger charge is 2.11. The molecule has 0 saturated carbocycles. The molecule has 1 aromatic carbocycles. The molecule has 1 heterocycles. The number of likely N-dealkylation sites (N-methyl/N-ethyl adjacent to an activating group) is 1. The summed E-state index contributed by atoms with van der Waals surface area (Å²) in [5.74, 6) is 0. The molecule has 3 nitrogen and oxygen atoms in total. The molecule has 0 saturated heterocycles. The average molecular weight is 297 g/mol. The molecule has 5 heteroatoms. The van der Waals surface area contributed by atoms with E-state index in [4.69, 9.17) is 17.3 Å². The first-order chi connectivity index (χ1) is 9.04. The molecule has 0 aliphatic carbocycles. The van der Waals surface area contributed by atoms with Crippen LogP contribution in [0.3, 0.4) is 0 Å². The van der Waals surface area contributed by atoms with Gasteiger partial charge in [0.15, 0.2) is 0 Å². The van der Waals surface area contributed by atoms with E-state index in [1.807, 2.05) is 31.3 Å². The summed E-state index contributed by atoms with van der Waals surface area (Å²) >= 11 is 7.47. The highest BCUT2D eigenvalue weighted by atomic mass is 35.5. The normalized spacial score (nSPS) is 12.8. The Morgan fingerprint density at radius 1 is 1.26 bits per heavy atom. The van der Waals surface area contributed by atoms with Crippen LogP contribution in [0.2, 0.25) is 4.34 Å². The summed E-state index contributed by atoms with van der Waals surface area (Å²) in [4.78, 5) is 3.26. The molecule has 0 fully saturated rings. The van der Waals surface area contributed by atoms with Crippen LogP contribution in [0, 0.1) is 0 Å². The summed E-state index contributed by atoms with van der Waals surface area (Å²) in [5, 5.41) is 10.2. The number of nitrogens with two attached hydrogens (primary N) is 1. The van der Waals surface area contributed by atoms with Crippen molar-refractivity contribution in [2.24, 2.45) is 0 Å². The number of nitrogens with zero attached hydrogens (tertiary/aromatic N) is 1. The van der Waals surface area contributed by atoms with Gasteiger partial charge in [0.1, 0.15) is 0 Å². The highest BCUT2D eigenvalue weighted by Crippen LogP contribution is 2.23. The van der Waals surface area contributed by atoms with Crippen LogP contribution >= 0.6 is 22.9 Å². The first kappa shape index (κ1) is 14.3. The van der Waals surface area contributed by atoms with E-state index < -0.39 is 6.10 Å². The number of benzene rings is 1. The van der Waals surface area contributed by atoms with Crippen molar-refractivity contribution in [1.82, 2.24) is 4.90 Å². The van der Waals surface area contributed by atoms with E-state index in [1.54, 1.807) is 23.5 Å². The van der Waals surface area contributed by atoms with Gasteiger partial charge in [-0.25, -0.2) is 0 Å². The molecule has 1 aromatic heterocycles. The smallest absolute Gasteiger partial charge is 0.0931 e. The van der Waals surface area contributed by atoms with Crippen molar-refractivity contribution in [2.75, 3.05) is 19.3 Å². The van der Waals surface area contributed by atoms with Gasteiger partial charge >= 0.3 is 0 Å². The molecule has 3 N–H and O–H groups in total. The molecule has 0 amide bonds. The molecular formula is C14H17ClN2OS. The Balaban J connectivity index is 1.91. The van der Waals surface area contributed by atoms with Crippen molar-refractivity contribution >= 4 is 28.6 Å². The van der Waals surface area contributed by atoms with Crippen LogP contribution in [-0.4, -0.2) is 23.6 Å². The van der Waals surface area contributed by atoms with E-state index >= 15 is 0 Å². The maximum atomic E-state index is 10.2. The minimum Gasteiger partial charge on any atom is -0.399 e. The second-order valence-corrected chi connectivity index (χ2v) is 6.38. The maximum Gasteiger partial charge on any atom is 0.0931 e. The third kappa shape index (κ3) is 4.21. The lowest BCUT2D eigenvalue weighted by atomic mass is 10.1. The van der Waals surface area contributed by atoms with Gasteiger partial charge < -0.3 is 10.8 Å². The van der Waals surface area contributed by atoms with Gasteiger partial charge in [0.25, 0.3) is 0 Å². The van der Waals surface area contributed by atoms with Gasteiger partial charge in [0.2, 0.25) is 0 Å². The minimum atomic E-state index is -0.513. The molecule has 1 unspecified atom stereocenters. The highest BCUT2D eigenvalue weighted by molar-refractivity contribution is 7.16. The lowest BCUT2D eigenvalue weighted by Gasteiger charge is -2.20. The monoisotopic (exact) mass is 296 g/mol. The van der Waals surface area contributed by atoms with Crippen molar-refractivity contribution in [3.63, 3.8) is 0 Å². The molecular weight excluding hydrogens is 280 g/mol. The summed E-state index contributed by atoms with van der Waals surface area (Å²) < 4.78 is 0.794. The lowest BCUT2D eigenvalue weighted by Crippen LogP contribution is -2.23. The number of aliphatic hydroxyl groups excluding tert-OH is 1. The van der Waals surface area contributed by atoms with Crippen molar-refractivity contribution in [2.45, 2.75) is 12.6 Å². The zero-order valence-electron chi connectivity index (χ0n) is 10.7. The predicted octanol–water partition coefficient (Wildman–Crippen LogP) is 3.15. The van der Waals surface area contributed by atoms with E-state index in [9.17, 15) is 5.11 Å². The Kier molecular flexibility index (Phi) is 4.82. The Morgan fingerprint density at radius 3 is 2.53 bits per heavy atom. The van der Waals surface area contributed by atoms with Crippen LogP contribution < -0.4 is 5.73 Å². The van der Waals surface area contributed by atoms with Gasteiger partial charge in [-0.05, 0) is 36.9 Å². The molecule has 0 radical (unpaired) electrons. The molecule has 0 aliphatic heterocycles. The topological polar surface area (TPSA) is 49.5 Å². The van der Waals surface area contributed by atoms with Gasteiger partial charge in [0.05, 0.1) is 10.4 Å². The number of anilines is 1. The molecule has 0 bridgehead atoms. The minimum absolute atomic E-state index is 0.513. The number of thiophene rings is 1. The Hall–Kier alpha value is -1.07. The predicted molar refractivity (Wildman–Crippen MR) is 81.5 cm³/mol. The molecule has 0 aliphatic rings. The van der Waals surface area contributed by atoms with E-state index in [-0.39, 0.29) is 0 Å². The summed E-state index contributed by atoms with van der Waals surface area (Å²) in [5.41, 5.74) is 7.22. The lowest BCUT2D eigenvalue weighted by molar-refractivity contribution is 0.124. The fraction of sp³-hybridized carbons (Fsp3) is 0.286. The van der Waals surface area contributed by atoms with E-state index in [0.29, 0.717) is 12.2 Å². The Bertz CT molecular complexity index is 526. The van der Waals surface area contributed by atoms with Crippen LogP contribution in [0.5, 0.6) is 0 Å². The van der Waals surface area contributed by atoms with E-state index in [0.717, 1.165) is 16.4 Å². The van der Waals surface area contributed by atoms with Gasteiger partial charge in [-0.3, -0.25) is 4.90 Å². The van der Waals surface area contributed by atoms with Crippen LogP contribution in [0.1, 0.15) is 16.5 Å². The number of hydrogen-bond donors (Lipinski definition) is 2. The van der Waals surface area contributed by atoms with Gasteiger partial charge in [0, 0.05) is 23.7 Å². The average Bonchev–Trinajstić information content (AvgIpc) is 2.75. The van der Waals surface area contributed by atoms with Crippen molar-refractivity contribution < 1.29 is 5.11 Å². The summed E-state index contributed by atoms with van der Waals surface area (Å²) in [7, 11) is 1.98. The van der Waals surface area contributed by atoms with E-state index in [1.165, 1.54) is 4.88 Å². The SMILES string of the molecule is CN(Cc1ccc(Cl)s1)CC(O)c1ccc(N)cc1. The fourth-order valence-corrected chi connectivity index (χ4v) is 3.05. The fourth-order valence-electron chi connectivity index (χ4n) is 1.89. The number of halogens is 1. The third-order valence-corrected chi connectivity index (χ3v) is 4.08. The zero-order valence-corrected chi connectivity index (χ0v) is 12.3. The molecule has 2 rings (SSSR count). The first-order valence-corrected chi connectivity index (χ1v) is 7.20. The van der Waals surface area contributed by atoms with Gasteiger partial charge in [-0.15, -0.1) is 11.3 Å². The number of aliphatic hydroxyl groups is 1. The van der Waals surface area contributed by atoms with Crippen LogP contribution in [0.25, 0.3) is 0 Å². The van der Waals surface area contributed by atoms with Crippen molar-refractivity contribution in [3.05, 3.63) is 51.2 Å². The van der Waals surface area contributed by atoms with Crippen LogP contribution in [0.4, 0.5) is 5.69 Å². The second kappa shape index (κ2) is 6.39. The number of rotatable bonds is 5. The summed E-state index contributed by atoms with van der Waals surface area (Å²) in [6.07, 6.45) is -0.513. The number of nitrogen functional groups attached to an aromatic ring is 1. The van der Waals surface area contributed by atoms with Gasteiger partial charge in [-0.2, -0.15) is 0 Å². The zero-order chi connectivity index (χ0) is 13.8. The molecule has 2 aromatic rings. The van der Waals surface area contributed by atoms with E-state index in [2.05, 4.69) is 4.90 Å². The van der Waals surface area contributed by atoms with Crippen molar-refractivity contribution in [1.29, 1.82) is 0 Å². The van der Waals surface area contributed by atoms with Gasteiger partial charge in [-0.1, -0.05) is 23.7 Å². The number of hydrogen-bond acceptors (Lipinski definition) is 4. The Morgan fingerprint density at radius 2 is 1.95 bits per heavy atom. The second-order valence-electron chi connectivity index (χ2n) is 4.59. The molecule has 1 atom stereocenters. The Labute approximate surface area is 122 Å². The standard InChI is InChI=1S/C14H17ClN2OS/c1-17(8-12-6-7-14(15)19-12)9-13(18)10-2-4-11(16)5-3-10/h2-7,13,18H,8-9,16H2,1H3. The molecule has 102 valence electrons. The largest absolute Gasteiger partial charge is 0.399 e. The summed E-state index contributed by atoms with van der Waals surface area (Å²) in [6.45, 7) is 1.35. The summed E-state index contributed by atoms with van der Waals surface area (Å²) in [6, 6.07) is 11.2. The molecule has 0 spiro atoms. The van der Waals surface area contributed by atoms with Crippen molar-refractivity contribution in [3.8, 4) is 0 Å². The third-order valence-electron chi connectivity index (χ3n) is 2.86. The quantitative estimate of drug-likeness (QED) is 0.833. The maximum absolute atomic E-state index is 10.2. The van der Waals surface area contributed by atoms with Crippen LogP contribution in [-0.2, 0) is 6.54 Å².